The van der Waals surface area contributed by atoms with Gasteiger partial charge in [-0.3, -0.25) is 4.79 Å². The standard InChI is InChI=1S/C12H16O3/c1-3-8-15-11-7-5-4-6-10(11)9-12(13)14-2/h4-7H,3,8-9H2,1-2H3. The van der Waals surface area contributed by atoms with Gasteiger partial charge in [-0.1, -0.05) is 25.1 Å². The van der Waals surface area contributed by atoms with Gasteiger partial charge in [0.15, 0.2) is 0 Å². The fraction of sp³-hybridized carbons (Fsp3) is 0.417. The highest BCUT2D eigenvalue weighted by Crippen LogP contribution is 2.18. The van der Waals surface area contributed by atoms with Gasteiger partial charge in [-0.05, 0) is 12.5 Å². The van der Waals surface area contributed by atoms with Crippen LogP contribution in [-0.4, -0.2) is 19.7 Å². The quantitative estimate of drug-likeness (QED) is 0.696. The minimum Gasteiger partial charge on any atom is -0.493 e. The van der Waals surface area contributed by atoms with Gasteiger partial charge < -0.3 is 9.47 Å². The number of ether oxygens (including phenoxy) is 2. The summed E-state index contributed by atoms with van der Waals surface area (Å²) in [6.45, 7) is 2.71. The molecule has 0 amide bonds. The molecule has 82 valence electrons. The van der Waals surface area contributed by atoms with Crippen molar-refractivity contribution in [2.45, 2.75) is 19.8 Å². The van der Waals surface area contributed by atoms with Crippen LogP contribution in [0.3, 0.4) is 0 Å². The van der Waals surface area contributed by atoms with E-state index in [1.165, 1.54) is 7.11 Å². The number of para-hydroxylation sites is 1. The van der Waals surface area contributed by atoms with Crippen molar-refractivity contribution in [3.05, 3.63) is 29.8 Å². The molecular weight excluding hydrogens is 192 g/mol. The second kappa shape index (κ2) is 6.06. The Balaban J connectivity index is 2.72. The summed E-state index contributed by atoms with van der Waals surface area (Å²) in [5.41, 5.74) is 0.873. The maximum Gasteiger partial charge on any atom is 0.310 e. The molecule has 0 saturated carbocycles. The van der Waals surface area contributed by atoms with E-state index >= 15 is 0 Å². The number of esters is 1. The van der Waals surface area contributed by atoms with Gasteiger partial charge in [0.1, 0.15) is 5.75 Å². The second-order valence-corrected chi connectivity index (χ2v) is 3.21. The molecule has 0 spiro atoms. The molecule has 0 bridgehead atoms. The van der Waals surface area contributed by atoms with Crippen molar-refractivity contribution in [1.82, 2.24) is 0 Å². The molecule has 0 heterocycles. The molecule has 1 rings (SSSR count). The monoisotopic (exact) mass is 208 g/mol. The number of carbonyl (C=O) groups excluding carboxylic acids is 1. The predicted molar refractivity (Wildman–Crippen MR) is 57.9 cm³/mol. The van der Waals surface area contributed by atoms with E-state index in [0.717, 1.165) is 17.7 Å². The predicted octanol–water partition coefficient (Wildman–Crippen LogP) is 2.19. The van der Waals surface area contributed by atoms with Crippen molar-refractivity contribution in [2.24, 2.45) is 0 Å². The van der Waals surface area contributed by atoms with E-state index in [9.17, 15) is 4.79 Å². The van der Waals surface area contributed by atoms with Crippen LogP contribution in [0.1, 0.15) is 18.9 Å². The molecule has 0 aliphatic heterocycles. The normalized spacial score (nSPS) is 9.73. The highest BCUT2D eigenvalue weighted by molar-refractivity contribution is 5.73. The van der Waals surface area contributed by atoms with E-state index in [4.69, 9.17) is 4.74 Å². The Labute approximate surface area is 90.0 Å². The first-order valence-corrected chi connectivity index (χ1v) is 5.05. The smallest absolute Gasteiger partial charge is 0.310 e. The molecular formula is C12H16O3. The molecule has 0 N–H and O–H groups in total. The lowest BCUT2D eigenvalue weighted by Crippen LogP contribution is -2.07. The van der Waals surface area contributed by atoms with Crippen LogP contribution in [0, 0.1) is 0 Å². The Bertz CT molecular complexity index is 320. The summed E-state index contributed by atoms with van der Waals surface area (Å²) in [5, 5.41) is 0. The van der Waals surface area contributed by atoms with E-state index in [2.05, 4.69) is 4.74 Å². The molecule has 0 radical (unpaired) electrons. The molecule has 0 atom stereocenters. The first kappa shape index (κ1) is 11.6. The fourth-order valence-electron chi connectivity index (χ4n) is 1.23. The van der Waals surface area contributed by atoms with E-state index in [0.29, 0.717) is 6.61 Å². The summed E-state index contributed by atoms with van der Waals surface area (Å²) in [5.74, 6) is 0.521. The molecule has 0 saturated heterocycles. The third kappa shape index (κ3) is 3.62. The van der Waals surface area contributed by atoms with Crippen LogP contribution in [0.4, 0.5) is 0 Å². The number of carbonyl (C=O) groups is 1. The van der Waals surface area contributed by atoms with E-state index < -0.39 is 0 Å². The van der Waals surface area contributed by atoms with Crippen molar-refractivity contribution < 1.29 is 14.3 Å². The summed E-state index contributed by atoms with van der Waals surface area (Å²) in [7, 11) is 1.39. The van der Waals surface area contributed by atoms with Gasteiger partial charge in [-0.25, -0.2) is 0 Å². The average molecular weight is 208 g/mol. The molecule has 0 aliphatic rings. The maximum absolute atomic E-state index is 11.1. The van der Waals surface area contributed by atoms with Crippen molar-refractivity contribution in [3.8, 4) is 5.75 Å². The number of hydrogen-bond acceptors (Lipinski definition) is 3. The third-order valence-electron chi connectivity index (χ3n) is 2.00. The van der Waals surface area contributed by atoms with E-state index in [-0.39, 0.29) is 12.4 Å². The van der Waals surface area contributed by atoms with Gasteiger partial charge in [0.05, 0.1) is 20.1 Å². The maximum atomic E-state index is 11.1. The van der Waals surface area contributed by atoms with Crippen LogP contribution in [0.5, 0.6) is 5.75 Å². The van der Waals surface area contributed by atoms with Crippen LogP contribution >= 0.6 is 0 Å². The number of rotatable bonds is 5. The molecule has 1 aromatic rings. The lowest BCUT2D eigenvalue weighted by Gasteiger charge is -2.09. The molecule has 3 heteroatoms. The summed E-state index contributed by atoms with van der Waals surface area (Å²) in [6.07, 6.45) is 1.21. The zero-order valence-corrected chi connectivity index (χ0v) is 9.16. The van der Waals surface area contributed by atoms with Crippen molar-refractivity contribution in [3.63, 3.8) is 0 Å². The summed E-state index contributed by atoms with van der Waals surface area (Å²) in [4.78, 5) is 11.1. The van der Waals surface area contributed by atoms with Crippen LogP contribution in [-0.2, 0) is 16.0 Å². The van der Waals surface area contributed by atoms with Crippen LogP contribution in [0.15, 0.2) is 24.3 Å². The molecule has 15 heavy (non-hydrogen) atoms. The lowest BCUT2D eigenvalue weighted by molar-refractivity contribution is -0.139. The minimum atomic E-state index is -0.248. The second-order valence-electron chi connectivity index (χ2n) is 3.21. The van der Waals surface area contributed by atoms with Crippen LogP contribution < -0.4 is 4.74 Å². The summed E-state index contributed by atoms with van der Waals surface area (Å²) >= 11 is 0. The highest BCUT2D eigenvalue weighted by Gasteiger charge is 2.07. The lowest BCUT2D eigenvalue weighted by atomic mass is 10.1. The van der Waals surface area contributed by atoms with Gasteiger partial charge in [0.2, 0.25) is 0 Å². The molecule has 0 aliphatic carbocycles. The zero-order valence-electron chi connectivity index (χ0n) is 9.16. The van der Waals surface area contributed by atoms with Crippen LogP contribution in [0.25, 0.3) is 0 Å². The Morgan fingerprint density at radius 1 is 1.33 bits per heavy atom. The molecule has 0 aromatic heterocycles. The summed E-state index contributed by atoms with van der Waals surface area (Å²) < 4.78 is 10.1. The van der Waals surface area contributed by atoms with Gasteiger partial charge in [0, 0.05) is 5.56 Å². The Hall–Kier alpha value is -1.51. The van der Waals surface area contributed by atoms with Crippen molar-refractivity contribution in [1.29, 1.82) is 0 Å². The summed E-state index contributed by atoms with van der Waals surface area (Å²) in [6, 6.07) is 7.53. The molecule has 0 unspecified atom stereocenters. The molecule has 3 nitrogen and oxygen atoms in total. The van der Waals surface area contributed by atoms with E-state index in [1.807, 2.05) is 31.2 Å². The van der Waals surface area contributed by atoms with E-state index in [1.54, 1.807) is 0 Å². The SMILES string of the molecule is CCCOc1ccccc1CC(=O)OC. The highest BCUT2D eigenvalue weighted by atomic mass is 16.5. The third-order valence-corrected chi connectivity index (χ3v) is 2.00. The Kier molecular flexibility index (Phi) is 4.68. The Morgan fingerprint density at radius 2 is 2.07 bits per heavy atom. The number of methoxy groups -OCH3 is 1. The molecule has 0 fully saturated rings. The zero-order chi connectivity index (χ0) is 11.1. The molecule has 1 aromatic carbocycles. The topological polar surface area (TPSA) is 35.5 Å². The van der Waals surface area contributed by atoms with Gasteiger partial charge in [-0.2, -0.15) is 0 Å². The van der Waals surface area contributed by atoms with Crippen molar-refractivity contribution >= 4 is 5.97 Å². The largest absolute Gasteiger partial charge is 0.493 e. The Morgan fingerprint density at radius 3 is 2.73 bits per heavy atom. The van der Waals surface area contributed by atoms with Crippen LogP contribution in [0.2, 0.25) is 0 Å². The minimum absolute atomic E-state index is 0.248. The number of benzene rings is 1. The van der Waals surface area contributed by atoms with Gasteiger partial charge in [-0.15, -0.1) is 0 Å². The van der Waals surface area contributed by atoms with Crippen molar-refractivity contribution in [2.75, 3.05) is 13.7 Å². The average Bonchev–Trinajstić information content (AvgIpc) is 2.28. The van der Waals surface area contributed by atoms with Gasteiger partial charge >= 0.3 is 5.97 Å². The first-order valence-electron chi connectivity index (χ1n) is 5.05. The number of hydrogen-bond donors (Lipinski definition) is 0. The fourth-order valence-corrected chi connectivity index (χ4v) is 1.23. The van der Waals surface area contributed by atoms with Gasteiger partial charge in [0.25, 0.3) is 0 Å². The first-order chi connectivity index (χ1) is 7.27.